The average Bonchev–Trinajstić information content (AvgIpc) is 3.25. The summed E-state index contributed by atoms with van der Waals surface area (Å²) in [5.74, 6) is -0.0462. The Morgan fingerprint density at radius 2 is 2.03 bits per heavy atom. The van der Waals surface area contributed by atoms with E-state index in [1.807, 2.05) is 6.07 Å². The van der Waals surface area contributed by atoms with Gasteiger partial charge in [-0.2, -0.15) is 0 Å². The lowest BCUT2D eigenvalue weighted by Gasteiger charge is -2.19. The van der Waals surface area contributed by atoms with Crippen molar-refractivity contribution in [3.05, 3.63) is 42.1 Å². The lowest BCUT2D eigenvalue weighted by Crippen LogP contribution is -2.28. The summed E-state index contributed by atoms with van der Waals surface area (Å²) in [5, 5.41) is 16.5. The summed E-state index contributed by atoms with van der Waals surface area (Å²) in [6.45, 7) is 2.00. The molecule has 11 heteroatoms. The predicted molar refractivity (Wildman–Crippen MR) is 124 cm³/mol. The molecule has 10 nitrogen and oxygen atoms in total. The maximum Gasteiger partial charge on any atom is 0.227 e. The molecular weight excluding hydrogens is 457 g/mol. The summed E-state index contributed by atoms with van der Waals surface area (Å²) in [5.41, 5.74) is 1.39. The lowest BCUT2D eigenvalue weighted by atomic mass is 10.0. The Morgan fingerprint density at radius 3 is 2.86 bits per heavy atom. The van der Waals surface area contributed by atoms with Crippen LogP contribution in [0.2, 0.25) is 0 Å². The van der Waals surface area contributed by atoms with E-state index in [2.05, 4.69) is 25.6 Å². The van der Waals surface area contributed by atoms with Crippen LogP contribution >= 0.6 is 0 Å². The Kier molecular flexibility index (Phi) is 6.60. The predicted octanol–water partition coefficient (Wildman–Crippen LogP) is 2.06. The van der Waals surface area contributed by atoms with Crippen molar-refractivity contribution < 1.29 is 28.5 Å². The van der Waals surface area contributed by atoms with Crippen LogP contribution in [-0.2, 0) is 11.3 Å². The third-order valence-electron chi connectivity index (χ3n) is 6.33. The minimum atomic E-state index is -0.685. The fourth-order valence-electron chi connectivity index (χ4n) is 4.49. The Hall–Kier alpha value is -3.57. The highest BCUT2D eigenvalue weighted by molar-refractivity contribution is 6.00. The Bertz CT molecular complexity index is 1240. The van der Waals surface area contributed by atoms with Gasteiger partial charge in [0.1, 0.15) is 24.4 Å². The molecule has 3 aromatic rings. The molecule has 35 heavy (non-hydrogen) atoms. The van der Waals surface area contributed by atoms with Gasteiger partial charge in [0, 0.05) is 31.1 Å². The van der Waals surface area contributed by atoms with Crippen molar-refractivity contribution in [3.63, 3.8) is 0 Å². The lowest BCUT2D eigenvalue weighted by molar-refractivity contribution is -0.119. The van der Waals surface area contributed by atoms with Gasteiger partial charge in [-0.25, -0.2) is 9.37 Å². The number of carbonyl (C=O) groups is 1. The Labute approximate surface area is 200 Å². The zero-order chi connectivity index (χ0) is 24.4. The van der Waals surface area contributed by atoms with Crippen molar-refractivity contribution in [1.82, 2.24) is 20.3 Å². The van der Waals surface area contributed by atoms with Crippen molar-refractivity contribution >= 4 is 22.6 Å². The van der Waals surface area contributed by atoms with Gasteiger partial charge in [0.05, 0.1) is 36.8 Å². The number of rotatable bonds is 7. The number of halogens is 1. The van der Waals surface area contributed by atoms with Gasteiger partial charge < -0.3 is 30.0 Å². The van der Waals surface area contributed by atoms with Gasteiger partial charge in [-0.3, -0.25) is 14.8 Å². The first-order valence-corrected chi connectivity index (χ1v) is 11.4. The molecule has 0 spiro atoms. The zero-order valence-corrected chi connectivity index (χ0v) is 19.2. The van der Waals surface area contributed by atoms with E-state index in [0.717, 1.165) is 11.9 Å². The van der Waals surface area contributed by atoms with E-state index in [0.29, 0.717) is 56.2 Å². The molecule has 1 aliphatic carbocycles. The number of hydrogen-bond donors (Lipinski definition) is 3. The molecule has 0 bridgehead atoms. The van der Waals surface area contributed by atoms with Crippen molar-refractivity contribution in [2.45, 2.75) is 25.5 Å². The average molecular weight is 484 g/mol. The summed E-state index contributed by atoms with van der Waals surface area (Å²) in [4.78, 5) is 25.6. The number of anilines is 1. The van der Waals surface area contributed by atoms with Crippen molar-refractivity contribution in [2.24, 2.45) is 11.8 Å². The highest BCUT2D eigenvalue weighted by Crippen LogP contribution is 2.34. The first-order chi connectivity index (χ1) is 17.0. The van der Waals surface area contributed by atoms with E-state index in [4.69, 9.17) is 14.2 Å². The molecule has 3 atom stereocenters. The topological polar surface area (TPSA) is 128 Å². The maximum absolute atomic E-state index is 14.5. The number of nitrogens with zero attached hydrogens (tertiary/aromatic N) is 3. The molecule has 3 N–H and O–H groups in total. The number of pyridine rings is 3. The molecule has 5 rings (SSSR count). The number of carbonyl (C=O) groups excluding carboxylic acids is 1. The zero-order valence-electron chi connectivity index (χ0n) is 19.2. The van der Waals surface area contributed by atoms with E-state index in [9.17, 15) is 14.3 Å². The minimum absolute atomic E-state index is 0.0420. The molecule has 4 heterocycles. The van der Waals surface area contributed by atoms with E-state index in [-0.39, 0.29) is 28.9 Å². The van der Waals surface area contributed by atoms with Crippen LogP contribution in [-0.4, -0.2) is 58.9 Å². The molecule has 0 radical (unpaired) electrons. The van der Waals surface area contributed by atoms with Crippen LogP contribution in [0.4, 0.5) is 10.1 Å². The number of methoxy groups -OCH3 is 1. The number of amides is 1. The summed E-state index contributed by atoms with van der Waals surface area (Å²) >= 11 is 0. The number of aliphatic hydroxyl groups excluding tert-OH is 1. The summed E-state index contributed by atoms with van der Waals surface area (Å²) < 4.78 is 30.7. The van der Waals surface area contributed by atoms with Gasteiger partial charge in [0.2, 0.25) is 11.8 Å². The molecule has 1 unspecified atom stereocenters. The number of aromatic nitrogens is 3. The molecule has 1 saturated carbocycles. The second-order valence-electron chi connectivity index (χ2n) is 8.64. The van der Waals surface area contributed by atoms with Gasteiger partial charge in [0.25, 0.3) is 0 Å². The minimum Gasteiger partial charge on any atom is -0.486 e. The van der Waals surface area contributed by atoms with E-state index in [1.54, 1.807) is 18.3 Å². The second-order valence-corrected chi connectivity index (χ2v) is 8.64. The maximum atomic E-state index is 14.5. The molecule has 1 aliphatic heterocycles. The summed E-state index contributed by atoms with van der Waals surface area (Å²) in [6.07, 6.45) is 2.80. The molecule has 0 saturated heterocycles. The van der Waals surface area contributed by atoms with Crippen LogP contribution in [0.15, 0.2) is 30.6 Å². The van der Waals surface area contributed by atoms with E-state index < -0.39 is 17.8 Å². The van der Waals surface area contributed by atoms with Crippen LogP contribution in [0.3, 0.4) is 0 Å². The van der Waals surface area contributed by atoms with Crippen LogP contribution in [0.25, 0.3) is 11.0 Å². The van der Waals surface area contributed by atoms with Crippen molar-refractivity contribution in [2.75, 3.05) is 32.2 Å². The quantitative estimate of drug-likeness (QED) is 0.463. The molecule has 0 aromatic carbocycles. The molecule has 1 fully saturated rings. The Balaban J connectivity index is 1.19. The second kappa shape index (κ2) is 9.96. The standard InChI is InChI=1S/C24H26FN5O5/c1-33-21-3-2-17-23(29-21)22(16(25)11-28-17)30-24(32)13-6-14(18(31)7-13)9-26-10-15-8-19-20(12-27-15)35-5-4-34-19/h2-3,8,11-14,18,26,31H,4-7,9-10H2,1H3,(H,28,30,32)/t13?,14-,18-/m1/s1. The van der Waals surface area contributed by atoms with E-state index in [1.165, 1.54) is 7.11 Å². The number of ether oxygens (including phenoxy) is 3. The number of fused-ring (bicyclic) bond motifs is 2. The van der Waals surface area contributed by atoms with E-state index >= 15 is 0 Å². The molecule has 3 aromatic heterocycles. The molecule has 184 valence electrons. The van der Waals surface area contributed by atoms with Gasteiger partial charge in [-0.15, -0.1) is 0 Å². The van der Waals surface area contributed by atoms with Crippen LogP contribution < -0.4 is 24.8 Å². The summed E-state index contributed by atoms with van der Waals surface area (Å²) in [7, 11) is 1.46. The van der Waals surface area contributed by atoms with Gasteiger partial charge in [-0.1, -0.05) is 0 Å². The molecule has 1 amide bonds. The number of hydrogen-bond acceptors (Lipinski definition) is 9. The number of aliphatic hydroxyl groups is 1. The van der Waals surface area contributed by atoms with Crippen molar-refractivity contribution in [1.29, 1.82) is 0 Å². The van der Waals surface area contributed by atoms with Gasteiger partial charge >= 0.3 is 0 Å². The largest absolute Gasteiger partial charge is 0.486 e. The van der Waals surface area contributed by atoms with Crippen LogP contribution in [0.5, 0.6) is 17.4 Å². The highest BCUT2D eigenvalue weighted by atomic mass is 19.1. The number of nitrogens with one attached hydrogen (secondary N) is 2. The third-order valence-corrected chi connectivity index (χ3v) is 6.33. The van der Waals surface area contributed by atoms with Gasteiger partial charge in [-0.05, 0) is 24.8 Å². The first-order valence-electron chi connectivity index (χ1n) is 11.4. The SMILES string of the molecule is COc1ccc2ncc(F)c(NC(=O)C3C[C@H](CNCc4cc5c(cn4)OCCO5)[C@H](O)C3)c2n1. The fourth-order valence-corrected chi connectivity index (χ4v) is 4.49. The Morgan fingerprint density at radius 1 is 1.20 bits per heavy atom. The monoisotopic (exact) mass is 483 g/mol. The highest BCUT2D eigenvalue weighted by Gasteiger charge is 2.37. The molecular formula is C24H26FN5O5. The van der Waals surface area contributed by atoms with Crippen LogP contribution in [0.1, 0.15) is 18.5 Å². The molecule has 2 aliphatic rings. The normalized spacial score (nSPS) is 21.2. The van der Waals surface area contributed by atoms with Gasteiger partial charge in [0.15, 0.2) is 17.3 Å². The van der Waals surface area contributed by atoms with Crippen molar-refractivity contribution in [3.8, 4) is 17.4 Å². The fraction of sp³-hybridized carbons (Fsp3) is 0.417. The van der Waals surface area contributed by atoms with Crippen LogP contribution in [0, 0.1) is 17.7 Å². The summed E-state index contributed by atoms with van der Waals surface area (Å²) in [6, 6.07) is 5.09. The smallest absolute Gasteiger partial charge is 0.227 e. The first kappa shape index (κ1) is 23.2. The third kappa shape index (κ3) is 4.96.